The summed E-state index contributed by atoms with van der Waals surface area (Å²) in [6.45, 7) is 8.04. The predicted octanol–water partition coefficient (Wildman–Crippen LogP) is 0.359. The first-order chi connectivity index (χ1) is 9.31. The molecule has 19 heavy (non-hydrogen) atoms. The van der Waals surface area contributed by atoms with Crippen LogP contribution >= 0.6 is 0 Å². The van der Waals surface area contributed by atoms with Crippen LogP contribution in [0.2, 0.25) is 0 Å². The molecule has 0 aromatic rings. The van der Waals surface area contributed by atoms with Gasteiger partial charge in [-0.3, -0.25) is 0 Å². The van der Waals surface area contributed by atoms with Crippen molar-refractivity contribution in [2.75, 3.05) is 39.3 Å². The molecular formula is C14H35N5. The van der Waals surface area contributed by atoms with Crippen molar-refractivity contribution in [2.45, 2.75) is 51.6 Å². The van der Waals surface area contributed by atoms with E-state index in [9.17, 15) is 0 Å². The summed E-state index contributed by atoms with van der Waals surface area (Å²) in [5.41, 5.74) is 11.4. The first-order valence-electron chi connectivity index (χ1n) is 7.91. The lowest BCUT2D eigenvalue weighted by atomic mass is 10.2. The first kappa shape index (κ1) is 18.8. The molecule has 5 heteroatoms. The van der Waals surface area contributed by atoms with Crippen LogP contribution in [0.1, 0.15) is 45.4 Å². The Morgan fingerprint density at radius 1 is 0.842 bits per heavy atom. The van der Waals surface area contributed by atoms with E-state index >= 15 is 0 Å². The maximum absolute atomic E-state index is 6.00. The van der Waals surface area contributed by atoms with E-state index in [1.54, 1.807) is 0 Å². The highest BCUT2D eigenvalue weighted by atomic mass is 15.0. The van der Waals surface area contributed by atoms with Gasteiger partial charge in [0.15, 0.2) is 0 Å². The van der Waals surface area contributed by atoms with Crippen molar-refractivity contribution in [1.82, 2.24) is 16.0 Å². The van der Waals surface area contributed by atoms with Gasteiger partial charge in [-0.2, -0.15) is 0 Å². The van der Waals surface area contributed by atoms with E-state index in [1.807, 2.05) is 0 Å². The van der Waals surface area contributed by atoms with E-state index in [0.29, 0.717) is 6.54 Å². The second-order valence-electron chi connectivity index (χ2n) is 5.01. The van der Waals surface area contributed by atoms with Crippen molar-refractivity contribution in [3.63, 3.8) is 0 Å². The fraction of sp³-hybridized carbons (Fsp3) is 1.00. The summed E-state index contributed by atoms with van der Waals surface area (Å²) >= 11 is 0. The summed E-state index contributed by atoms with van der Waals surface area (Å²) in [5, 5.41) is 10.0. The van der Waals surface area contributed by atoms with E-state index < -0.39 is 0 Å². The topological polar surface area (TPSA) is 88.1 Å². The van der Waals surface area contributed by atoms with Gasteiger partial charge in [0.25, 0.3) is 0 Å². The van der Waals surface area contributed by atoms with Crippen LogP contribution in [0.25, 0.3) is 0 Å². The zero-order valence-electron chi connectivity index (χ0n) is 12.7. The molecule has 0 saturated carbocycles. The van der Waals surface area contributed by atoms with Gasteiger partial charge in [0, 0.05) is 13.1 Å². The number of rotatable bonds is 15. The Kier molecular flexibility index (Phi) is 15.7. The van der Waals surface area contributed by atoms with Crippen LogP contribution in [0.3, 0.4) is 0 Å². The van der Waals surface area contributed by atoms with E-state index in [2.05, 4.69) is 22.9 Å². The van der Waals surface area contributed by atoms with Gasteiger partial charge in [-0.25, -0.2) is 0 Å². The van der Waals surface area contributed by atoms with Crippen LogP contribution in [-0.4, -0.2) is 45.4 Å². The third-order valence-corrected chi connectivity index (χ3v) is 3.13. The highest BCUT2D eigenvalue weighted by Crippen LogP contribution is 1.98. The lowest BCUT2D eigenvalue weighted by Gasteiger charge is -2.13. The van der Waals surface area contributed by atoms with Crippen LogP contribution < -0.4 is 27.4 Å². The van der Waals surface area contributed by atoms with Crippen molar-refractivity contribution in [3.8, 4) is 0 Å². The van der Waals surface area contributed by atoms with E-state index in [1.165, 1.54) is 25.7 Å². The van der Waals surface area contributed by atoms with Crippen LogP contribution in [0.15, 0.2) is 0 Å². The first-order valence-corrected chi connectivity index (χ1v) is 7.91. The van der Waals surface area contributed by atoms with Gasteiger partial charge in [0.2, 0.25) is 0 Å². The molecule has 0 spiro atoms. The molecule has 0 aromatic carbocycles. The molecule has 0 heterocycles. The van der Waals surface area contributed by atoms with E-state index in [0.717, 1.165) is 45.6 Å². The molecule has 0 aliphatic heterocycles. The molecule has 5 nitrogen and oxygen atoms in total. The minimum absolute atomic E-state index is 0.140. The van der Waals surface area contributed by atoms with Crippen LogP contribution in [-0.2, 0) is 0 Å². The second kappa shape index (κ2) is 15.9. The predicted molar refractivity (Wildman–Crippen MR) is 84.1 cm³/mol. The highest BCUT2D eigenvalue weighted by molar-refractivity contribution is 4.60. The Hall–Kier alpha value is -0.200. The molecule has 0 aliphatic carbocycles. The molecule has 0 fully saturated rings. The number of nitrogens with two attached hydrogens (primary N) is 2. The minimum atomic E-state index is 0.140. The Bertz CT molecular complexity index is 166. The molecule has 0 rings (SSSR count). The van der Waals surface area contributed by atoms with Gasteiger partial charge in [-0.1, -0.05) is 19.8 Å². The van der Waals surface area contributed by atoms with Crippen LogP contribution in [0, 0.1) is 0 Å². The van der Waals surface area contributed by atoms with Crippen LogP contribution in [0.5, 0.6) is 0 Å². The third kappa shape index (κ3) is 15.7. The molecule has 1 unspecified atom stereocenters. The maximum atomic E-state index is 6.00. The van der Waals surface area contributed by atoms with Gasteiger partial charge >= 0.3 is 0 Å². The minimum Gasteiger partial charge on any atom is -0.329 e. The third-order valence-electron chi connectivity index (χ3n) is 3.13. The molecule has 7 N–H and O–H groups in total. The molecule has 0 aliphatic rings. The molecule has 0 amide bonds. The summed E-state index contributed by atoms with van der Waals surface area (Å²) in [5.74, 6) is 0. The van der Waals surface area contributed by atoms with Gasteiger partial charge in [0.1, 0.15) is 0 Å². The van der Waals surface area contributed by atoms with Gasteiger partial charge in [-0.15, -0.1) is 0 Å². The molecule has 0 radical (unpaired) electrons. The molecule has 0 saturated heterocycles. The molecule has 1 atom stereocenters. The van der Waals surface area contributed by atoms with Crippen molar-refractivity contribution in [1.29, 1.82) is 0 Å². The van der Waals surface area contributed by atoms with Gasteiger partial charge in [-0.05, 0) is 51.9 Å². The van der Waals surface area contributed by atoms with Crippen molar-refractivity contribution < 1.29 is 0 Å². The van der Waals surface area contributed by atoms with E-state index in [4.69, 9.17) is 11.5 Å². The van der Waals surface area contributed by atoms with Gasteiger partial charge in [0.05, 0.1) is 6.17 Å². The quantitative estimate of drug-likeness (QED) is 0.220. The standard InChI is InChI=1S/C14H35N5/c1-2-17-10-5-3-4-6-12-19-14(16)8-7-11-18-13-9-15/h14,17-19H,2-13,15-16H2,1H3. The second-order valence-corrected chi connectivity index (χ2v) is 5.01. The summed E-state index contributed by atoms with van der Waals surface area (Å²) in [6, 6.07) is 0. The monoisotopic (exact) mass is 273 g/mol. The molecule has 0 aromatic heterocycles. The van der Waals surface area contributed by atoms with Crippen molar-refractivity contribution >= 4 is 0 Å². The zero-order valence-corrected chi connectivity index (χ0v) is 12.7. The number of nitrogens with one attached hydrogen (secondary N) is 3. The van der Waals surface area contributed by atoms with Crippen molar-refractivity contribution in [3.05, 3.63) is 0 Å². The molecular weight excluding hydrogens is 238 g/mol. The largest absolute Gasteiger partial charge is 0.329 e. The average molecular weight is 273 g/mol. The fourth-order valence-corrected chi connectivity index (χ4v) is 1.97. The Morgan fingerprint density at radius 2 is 1.53 bits per heavy atom. The lowest BCUT2D eigenvalue weighted by Crippen LogP contribution is -2.38. The SMILES string of the molecule is CCNCCCCCCNC(N)CCCNCCN. The van der Waals surface area contributed by atoms with Gasteiger partial charge < -0.3 is 27.4 Å². The summed E-state index contributed by atoms with van der Waals surface area (Å²) in [6.07, 6.45) is 7.39. The number of unbranched alkanes of at least 4 members (excludes halogenated alkanes) is 3. The van der Waals surface area contributed by atoms with E-state index in [-0.39, 0.29) is 6.17 Å². The normalized spacial score (nSPS) is 12.8. The summed E-state index contributed by atoms with van der Waals surface area (Å²) in [7, 11) is 0. The highest BCUT2D eigenvalue weighted by Gasteiger charge is 2.00. The summed E-state index contributed by atoms with van der Waals surface area (Å²) in [4.78, 5) is 0. The lowest BCUT2D eigenvalue weighted by molar-refractivity contribution is 0.458. The fourth-order valence-electron chi connectivity index (χ4n) is 1.97. The summed E-state index contributed by atoms with van der Waals surface area (Å²) < 4.78 is 0. The van der Waals surface area contributed by atoms with Crippen LogP contribution in [0.4, 0.5) is 0 Å². The average Bonchev–Trinajstić information content (AvgIpc) is 2.41. The smallest absolute Gasteiger partial charge is 0.0546 e. The molecule has 116 valence electrons. The van der Waals surface area contributed by atoms with Crippen molar-refractivity contribution in [2.24, 2.45) is 11.5 Å². The Balaban J connectivity index is 3.09. The maximum Gasteiger partial charge on any atom is 0.0546 e. The Morgan fingerprint density at radius 3 is 2.21 bits per heavy atom. The number of hydrogen-bond donors (Lipinski definition) is 5. The Labute approximate surface area is 119 Å². The zero-order chi connectivity index (χ0) is 14.2. The number of hydrogen-bond acceptors (Lipinski definition) is 5. The molecule has 0 bridgehead atoms.